The lowest BCUT2D eigenvalue weighted by Gasteiger charge is -2.10. The van der Waals surface area contributed by atoms with Crippen LogP contribution in [0.2, 0.25) is 0 Å². The lowest BCUT2D eigenvalue weighted by Crippen LogP contribution is -2.10. The first-order valence-electron chi connectivity index (χ1n) is 11.1. The van der Waals surface area contributed by atoms with Gasteiger partial charge >= 0.3 is 0 Å². The van der Waals surface area contributed by atoms with Gasteiger partial charge in [-0.05, 0) is 62.1 Å². The number of hydrogen-bond donors (Lipinski definition) is 2. The third-order valence-corrected chi connectivity index (χ3v) is 5.86. The first kappa shape index (κ1) is 20.3. The zero-order chi connectivity index (χ0) is 23.1. The number of nitrogens with one attached hydrogen (secondary N) is 2. The van der Waals surface area contributed by atoms with E-state index in [4.69, 9.17) is 4.98 Å². The average Bonchev–Trinajstić information content (AvgIpc) is 3.48. The first-order chi connectivity index (χ1) is 16.7. The van der Waals surface area contributed by atoms with E-state index in [-0.39, 0.29) is 0 Å². The normalized spacial score (nSPS) is 11.6. The zero-order valence-electron chi connectivity index (χ0n) is 18.9. The number of H-pyrrole nitrogens is 2. The van der Waals surface area contributed by atoms with Crippen LogP contribution in [-0.4, -0.2) is 49.1 Å². The highest BCUT2D eigenvalue weighted by Crippen LogP contribution is 2.33. The average molecular weight is 446 g/mol. The predicted molar refractivity (Wildman–Crippen MR) is 135 cm³/mol. The third-order valence-electron chi connectivity index (χ3n) is 5.86. The van der Waals surface area contributed by atoms with Crippen molar-refractivity contribution in [3.63, 3.8) is 0 Å². The Kier molecular flexibility index (Phi) is 4.89. The second-order valence-corrected chi connectivity index (χ2v) is 8.65. The SMILES string of the molecule is CN(C)Cc1cncc(-c2ccc3[nH]nc(-c4cc5c(-c6ccccn6)cccc5[nH]4)c3n2)c1. The Morgan fingerprint density at radius 1 is 0.882 bits per heavy atom. The Balaban J connectivity index is 1.45. The number of nitrogens with zero attached hydrogens (tertiary/aromatic N) is 5. The number of hydrogen-bond acceptors (Lipinski definition) is 5. The molecular formula is C27H23N7. The minimum Gasteiger partial charge on any atom is -0.353 e. The van der Waals surface area contributed by atoms with Gasteiger partial charge in [-0.25, -0.2) is 4.98 Å². The first-order valence-corrected chi connectivity index (χ1v) is 11.1. The highest BCUT2D eigenvalue weighted by atomic mass is 15.1. The summed E-state index contributed by atoms with van der Waals surface area (Å²) in [4.78, 5) is 19.6. The molecule has 0 unspecified atom stereocenters. The van der Waals surface area contributed by atoms with Gasteiger partial charge in [0.15, 0.2) is 0 Å². The molecule has 0 atom stereocenters. The van der Waals surface area contributed by atoms with Crippen LogP contribution in [0, 0.1) is 0 Å². The third kappa shape index (κ3) is 3.62. The molecule has 0 aliphatic carbocycles. The van der Waals surface area contributed by atoms with Crippen LogP contribution in [0.4, 0.5) is 0 Å². The molecule has 6 rings (SSSR count). The molecule has 1 aromatic carbocycles. The van der Waals surface area contributed by atoms with Crippen molar-refractivity contribution in [3.8, 4) is 33.9 Å². The van der Waals surface area contributed by atoms with Crippen molar-refractivity contribution in [2.75, 3.05) is 14.1 Å². The van der Waals surface area contributed by atoms with Crippen LogP contribution in [0.1, 0.15) is 5.56 Å². The Morgan fingerprint density at radius 2 is 1.82 bits per heavy atom. The summed E-state index contributed by atoms with van der Waals surface area (Å²) in [5, 5.41) is 8.83. The fourth-order valence-corrected chi connectivity index (χ4v) is 4.36. The molecule has 166 valence electrons. The standard InChI is InChI=1S/C27H23N7/c1-34(2)16-17-12-18(15-28-14-17)21-9-10-24-26(31-21)27(33-32-24)25-13-20-19(6-5-8-23(20)30-25)22-7-3-4-11-29-22/h3-15,30H,16H2,1-2H3,(H,32,33). The lowest BCUT2D eigenvalue weighted by molar-refractivity contribution is 0.402. The fourth-order valence-electron chi connectivity index (χ4n) is 4.36. The molecule has 5 heterocycles. The van der Waals surface area contributed by atoms with Gasteiger partial charge in [0.2, 0.25) is 0 Å². The van der Waals surface area contributed by atoms with Gasteiger partial charge in [0, 0.05) is 47.2 Å². The van der Waals surface area contributed by atoms with Gasteiger partial charge < -0.3 is 9.88 Å². The number of aromatic amines is 2. The second kappa shape index (κ2) is 8.20. The molecule has 6 aromatic rings. The summed E-state index contributed by atoms with van der Waals surface area (Å²) in [6.07, 6.45) is 5.57. The van der Waals surface area contributed by atoms with E-state index in [9.17, 15) is 0 Å². The summed E-state index contributed by atoms with van der Waals surface area (Å²) < 4.78 is 0. The lowest BCUT2D eigenvalue weighted by atomic mass is 10.1. The topological polar surface area (TPSA) is 86.4 Å². The largest absolute Gasteiger partial charge is 0.353 e. The van der Waals surface area contributed by atoms with Gasteiger partial charge in [0.1, 0.15) is 11.2 Å². The summed E-state index contributed by atoms with van der Waals surface area (Å²) in [6.45, 7) is 0.827. The van der Waals surface area contributed by atoms with Crippen LogP contribution in [0.5, 0.6) is 0 Å². The summed E-state index contributed by atoms with van der Waals surface area (Å²) in [7, 11) is 4.10. The molecule has 2 N–H and O–H groups in total. The molecule has 0 aliphatic rings. The van der Waals surface area contributed by atoms with Crippen LogP contribution in [0.3, 0.4) is 0 Å². The van der Waals surface area contributed by atoms with Gasteiger partial charge in [0.25, 0.3) is 0 Å². The highest BCUT2D eigenvalue weighted by molar-refractivity contribution is 6.00. The summed E-state index contributed by atoms with van der Waals surface area (Å²) in [6, 6.07) is 20.5. The van der Waals surface area contributed by atoms with E-state index >= 15 is 0 Å². The molecule has 7 nitrogen and oxygen atoms in total. The Labute approximate surface area is 196 Å². The molecule has 0 bridgehead atoms. The monoisotopic (exact) mass is 445 g/mol. The second-order valence-electron chi connectivity index (χ2n) is 8.65. The van der Waals surface area contributed by atoms with Crippen LogP contribution < -0.4 is 0 Å². The minimum atomic E-state index is 0.789. The fraction of sp³-hybridized carbons (Fsp3) is 0.111. The Morgan fingerprint density at radius 3 is 2.68 bits per heavy atom. The Hall–Kier alpha value is -4.36. The molecule has 0 saturated carbocycles. The molecule has 0 radical (unpaired) electrons. The van der Waals surface area contributed by atoms with Gasteiger partial charge in [-0.15, -0.1) is 0 Å². The molecule has 7 heteroatoms. The van der Waals surface area contributed by atoms with E-state index < -0.39 is 0 Å². The maximum atomic E-state index is 4.97. The van der Waals surface area contributed by atoms with E-state index in [0.29, 0.717) is 0 Å². The maximum absolute atomic E-state index is 4.97. The summed E-state index contributed by atoms with van der Waals surface area (Å²) in [5.41, 5.74) is 9.47. The van der Waals surface area contributed by atoms with Crippen molar-refractivity contribution < 1.29 is 0 Å². The summed E-state index contributed by atoms with van der Waals surface area (Å²) in [5.74, 6) is 0. The predicted octanol–water partition coefficient (Wildman–Crippen LogP) is 5.29. The molecule has 0 spiro atoms. The molecule has 5 aromatic heterocycles. The van der Waals surface area contributed by atoms with Gasteiger partial charge in [-0.2, -0.15) is 5.10 Å². The van der Waals surface area contributed by atoms with Crippen molar-refractivity contribution >= 4 is 21.9 Å². The Bertz CT molecular complexity index is 1610. The molecule has 0 aliphatic heterocycles. The minimum absolute atomic E-state index is 0.789. The van der Waals surface area contributed by atoms with Crippen LogP contribution >= 0.6 is 0 Å². The molecule has 0 fully saturated rings. The number of benzene rings is 1. The number of pyridine rings is 3. The zero-order valence-corrected chi connectivity index (χ0v) is 18.9. The van der Waals surface area contributed by atoms with Crippen LogP contribution in [0.25, 0.3) is 55.8 Å². The van der Waals surface area contributed by atoms with Gasteiger partial charge in [-0.3, -0.25) is 15.1 Å². The van der Waals surface area contributed by atoms with E-state index in [1.807, 2.05) is 69.1 Å². The molecule has 0 amide bonds. The van der Waals surface area contributed by atoms with Crippen molar-refractivity contribution in [2.24, 2.45) is 0 Å². The quantitative estimate of drug-likeness (QED) is 0.376. The van der Waals surface area contributed by atoms with Gasteiger partial charge in [0.05, 0.1) is 22.6 Å². The van der Waals surface area contributed by atoms with Crippen molar-refractivity contribution in [1.29, 1.82) is 0 Å². The highest BCUT2D eigenvalue weighted by Gasteiger charge is 2.16. The number of fused-ring (bicyclic) bond motifs is 2. The van der Waals surface area contributed by atoms with Crippen LogP contribution in [0.15, 0.2) is 79.3 Å². The molecule has 34 heavy (non-hydrogen) atoms. The molecular weight excluding hydrogens is 422 g/mol. The van der Waals surface area contributed by atoms with Crippen molar-refractivity contribution in [1.82, 2.24) is 35.0 Å². The van der Waals surface area contributed by atoms with Crippen molar-refractivity contribution in [3.05, 3.63) is 84.8 Å². The smallest absolute Gasteiger partial charge is 0.135 e. The van der Waals surface area contributed by atoms with Crippen LogP contribution in [-0.2, 0) is 6.54 Å². The van der Waals surface area contributed by atoms with Gasteiger partial charge in [-0.1, -0.05) is 18.2 Å². The van der Waals surface area contributed by atoms with E-state index in [2.05, 4.69) is 54.3 Å². The number of aromatic nitrogens is 6. The summed E-state index contributed by atoms with van der Waals surface area (Å²) >= 11 is 0. The number of rotatable bonds is 5. The van der Waals surface area contributed by atoms with E-state index in [1.54, 1.807) is 0 Å². The molecule has 0 saturated heterocycles. The maximum Gasteiger partial charge on any atom is 0.135 e. The van der Waals surface area contributed by atoms with Crippen molar-refractivity contribution in [2.45, 2.75) is 6.54 Å². The van der Waals surface area contributed by atoms with E-state index in [1.165, 1.54) is 0 Å². The van der Waals surface area contributed by atoms with E-state index in [0.717, 1.165) is 67.9 Å².